The van der Waals surface area contributed by atoms with Crippen molar-refractivity contribution in [1.29, 1.82) is 0 Å². The molecular weight excluding hydrogens is 203 g/mol. The van der Waals surface area contributed by atoms with E-state index >= 15 is 0 Å². The maximum atomic E-state index is 5.74. The molecular formula is C12H11BO3. The second-order valence-corrected chi connectivity index (χ2v) is 2.95. The molecule has 2 N–H and O–H groups in total. The maximum Gasteiger partial charge on any atom is -0.870 e. The molecule has 0 saturated carbocycles. The third-order valence-corrected chi connectivity index (χ3v) is 1.89. The molecule has 0 unspecified atom stereocenters. The van der Waals surface area contributed by atoms with Crippen LogP contribution in [0.5, 0.6) is 11.5 Å². The van der Waals surface area contributed by atoms with E-state index in [0.29, 0.717) is 11.2 Å². The van der Waals surface area contributed by atoms with E-state index in [4.69, 9.17) is 12.6 Å². The predicted octanol–water partition coefficient (Wildman–Crippen LogP) is 1.92. The van der Waals surface area contributed by atoms with Crippen LogP contribution in [0.4, 0.5) is 0 Å². The SMILES string of the molecule is [B+2]c1ccccc1Oc1ccccc1.[OH-].[OH-]. The molecule has 2 aromatic rings. The Bertz CT molecular complexity index is 418. The van der Waals surface area contributed by atoms with E-state index in [1.54, 1.807) is 0 Å². The van der Waals surface area contributed by atoms with Crippen LogP contribution in [0.2, 0.25) is 0 Å². The van der Waals surface area contributed by atoms with Gasteiger partial charge in [0.15, 0.2) is 0 Å². The van der Waals surface area contributed by atoms with E-state index in [9.17, 15) is 0 Å². The molecule has 0 aromatic heterocycles. The molecule has 0 aliphatic carbocycles. The molecule has 3 nitrogen and oxygen atoms in total. The standard InChI is InChI=1S/C12H9BO.2H2O/c13-11-8-4-5-9-12(11)14-10-6-2-1-3-7-10;;/h1-9H;2*1H2/q+2;;/p-2. The molecule has 2 aromatic carbocycles. The van der Waals surface area contributed by atoms with Gasteiger partial charge in [-0.2, -0.15) is 0 Å². The second kappa shape index (κ2) is 6.66. The van der Waals surface area contributed by atoms with Crippen LogP contribution < -0.4 is 10.2 Å². The minimum absolute atomic E-state index is 0. The summed E-state index contributed by atoms with van der Waals surface area (Å²) in [6.45, 7) is 0. The Labute approximate surface area is 95.7 Å². The Hall–Kier alpha value is -1.78. The summed E-state index contributed by atoms with van der Waals surface area (Å²) in [6.07, 6.45) is 0. The van der Waals surface area contributed by atoms with Crippen molar-refractivity contribution in [3.8, 4) is 11.5 Å². The van der Waals surface area contributed by atoms with Crippen LogP contribution in [0.3, 0.4) is 0 Å². The molecule has 0 bridgehead atoms. The molecule has 0 amide bonds. The summed E-state index contributed by atoms with van der Waals surface area (Å²) in [7, 11) is 5.74. The fourth-order valence-electron chi connectivity index (χ4n) is 1.19. The quantitative estimate of drug-likeness (QED) is 0.717. The van der Waals surface area contributed by atoms with Gasteiger partial charge in [-0.3, -0.25) is 0 Å². The topological polar surface area (TPSA) is 69.2 Å². The molecule has 0 radical (unpaired) electrons. The average molecular weight is 214 g/mol. The van der Waals surface area contributed by atoms with Gasteiger partial charge in [0.25, 0.3) is 0 Å². The minimum atomic E-state index is 0. The Morgan fingerprint density at radius 1 is 0.750 bits per heavy atom. The van der Waals surface area contributed by atoms with Gasteiger partial charge >= 0.3 is 84.1 Å². The summed E-state index contributed by atoms with van der Waals surface area (Å²) in [5.74, 6) is 1.49. The van der Waals surface area contributed by atoms with E-state index in [0.717, 1.165) is 5.75 Å². The van der Waals surface area contributed by atoms with E-state index in [1.807, 2.05) is 54.6 Å². The molecule has 2 rings (SSSR count). The van der Waals surface area contributed by atoms with Crippen LogP contribution in [-0.2, 0) is 0 Å². The molecule has 0 heterocycles. The van der Waals surface area contributed by atoms with E-state index in [-0.39, 0.29) is 11.0 Å². The summed E-state index contributed by atoms with van der Waals surface area (Å²) in [5, 5.41) is 0. The Morgan fingerprint density at radius 2 is 1.31 bits per heavy atom. The zero-order valence-electron chi connectivity index (χ0n) is 8.58. The first-order valence-corrected chi connectivity index (χ1v) is 4.43. The third kappa shape index (κ3) is 3.42. The molecule has 0 aliphatic rings. The van der Waals surface area contributed by atoms with Gasteiger partial charge in [0, 0.05) is 0 Å². The number of hydrogen-bond acceptors (Lipinski definition) is 3. The van der Waals surface area contributed by atoms with Gasteiger partial charge in [0.1, 0.15) is 0 Å². The molecule has 4 heteroatoms. The van der Waals surface area contributed by atoms with Crippen LogP contribution in [0.15, 0.2) is 54.6 Å². The van der Waals surface area contributed by atoms with Gasteiger partial charge in [0.05, 0.1) is 0 Å². The number of benzene rings is 2. The van der Waals surface area contributed by atoms with Gasteiger partial charge in [0.2, 0.25) is 0 Å². The third-order valence-electron chi connectivity index (χ3n) is 1.89. The second-order valence-electron chi connectivity index (χ2n) is 2.95. The fraction of sp³-hybridized carbons (Fsp3) is 0. The number of hydrogen-bond donors (Lipinski definition) is 0. The summed E-state index contributed by atoms with van der Waals surface area (Å²) in [5.41, 5.74) is 0.649. The predicted molar refractivity (Wildman–Crippen MR) is 62.2 cm³/mol. The molecule has 0 atom stereocenters. The average Bonchev–Trinajstić information content (AvgIpc) is 2.23. The number of rotatable bonds is 2. The Morgan fingerprint density at radius 3 is 1.94 bits per heavy atom. The van der Waals surface area contributed by atoms with Crippen molar-refractivity contribution in [2.24, 2.45) is 0 Å². The van der Waals surface area contributed by atoms with Crippen molar-refractivity contribution in [3.05, 3.63) is 54.6 Å². The first-order chi connectivity index (χ1) is 6.86. The summed E-state index contributed by atoms with van der Waals surface area (Å²) < 4.78 is 5.58. The maximum absolute atomic E-state index is 5.74. The molecule has 0 saturated heterocycles. The molecule has 0 spiro atoms. The summed E-state index contributed by atoms with van der Waals surface area (Å²) >= 11 is 0. The van der Waals surface area contributed by atoms with Crippen molar-refractivity contribution < 1.29 is 15.7 Å². The van der Waals surface area contributed by atoms with Crippen LogP contribution in [0.25, 0.3) is 0 Å². The van der Waals surface area contributed by atoms with Crippen molar-refractivity contribution in [3.63, 3.8) is 0 Å². The van der Waals surface area contributed by atoms with Crippen molar-refractivity contribution in [2.45, 2.75) is 0 Å². The Balaban J connectivity index is 0.00000112. The zero-order valence-corrected chi connectivity index (χ0v) is 8.58. The van der Waals surface area contributed by atoms with E-state index in [2.05, 4.69) is 0 Å². The molecule has 80 valence electrons. The fourth-order valence-corrected chi connectivity index (χ4v) is 1.19. The van der Waals surface area contributed by atoms with Crippen LogP contribution in [0.1, 0.15) is 0 Å². The van der Waals surface area contributed by atoms with Crippen LogP contribution >= 0.6 is 0 Å². The van der Waals surface area contributed by atoms with Gasteiger partial charge in [-0.1, -0.05) is 0 Å². The summed E-state index contributed by atoms with van der Waals surface area (Å²) in [4.78, 5) is 0. The van der Waals surface area contributed by atoms with Gasteiger partial charge in [-0.05, 0) is 0 Å². The number of para-hydroxylation sites is 2. The zero-order chi connectivity index (χ0) is 9.80. The van der Waals surface area contributed by atoms with Crippen molar-refractivity contribution >= 4 is 13.3 Å². The Kier molecular flexibility index (Phi) is 5.92. The smallest absolute Gasteiger partial charge is 0.870 e. The van der Waals surface area contributed by atoms with Crippen molar-refractivity contribution in [1.82, 2.24) is 0 Å². The van der Waals surface area contributed by atoms with Gasteiger partial charge < -0.3 is 11.0 Å². The molecule has 16 heavy (non-hydrogen) atoms. The van der Waals surface area contributed by atoms with E-state index in [1.165, 1.54) is 0 Å². The van der Waals surface area contributed by atoms with Crippen molar-refractivity contribution in [2.75, 3.05) is 0 Å². The first-order valence-electron chi connectivity index (χ1n) is 4.43. The van der Waals surface area contributed by atoms with Gasteiger partial charge in [-0.15, -0.1) is 0 Å². The first kappa shape index (κ1) is 14.2. The number of ether oxygens (including phenoxy) is 1. The van der Waals surface area contributed by atoms with Crippen LogP contribution in [-0.4, -0.2) is 18.8 Å². The van der Waals surface area contributed by atoms with E-state index < -0.39 is 0 Å². The van der Waals surface area contributed by atoms with Crippen LogP contribution in [0, 0.1) is 0 Å². The molecule has 0 fully saturated rings. The minimum Gasteiger partial charge on any atom is -0.870 e. The monoisotopic (exact) mass is 214 g/mol. The van der Waals surface area contributed by atoms with Gasteiger partial charge in [-0.25, -0.2) is 0 Å². The summed E-state index contributed by atoms with van der Waals surface area (Å²) in [6, 6.07) is 17.0. The largest absolute Gasteiger partial charge is 0.870 e. The molecule has 0 aliphatic heterocycles. The normalized spacial score (nSPS) is 8.62.